The number of hydrogen-bond acceptors (Lipinski definition) is 7. The summed E-state index contributed by atoms with van der Waals surface area (Å²) in [6.07, 6.45) is -1.19. The summed E-state index contributed by atoms with van der Waals surface area (Å²) in [6.45, 7) is 2.41. The van der Waals surface area contributed by atoms with E-state index in [1.54, 1.807) is 0 Å². The maximum atomic E-state index is 11.9. The molecule has 1 N–H and O–H groups in total. The molecule has 0 aliphatic carbocycles. The predicted molar refractivity (Wildman–Crippen MR) is 80.1 cm³/mol. The Morgan fingerprint density at radius 1 is 1.35 bits per heavy atom. The highest BCUT2D eigenvalue weighted by Crippen LogP contribution is 2.35. The number of halogens is 1. The van der Waals surface area contributed by atoms with Crippen LogP contribution in [0, 0.1) is 0 Å². The fourth-order valence-electron chi connectivity index (χ4n) is 2.20. The molecule has 0 unspecified atom stereocenters. The van der Waals surface area contributed by atoms with Gasteiger partial charge in [0.1, 0.15) is 12.7 Å². The SMILES string of the molecule is CC(=O)OC[C@@H]1O[C@@H](n2ccc(=O)[nH]c2=O)[C@@H](OC(C)=O)[C@@H]1Br. The Balaban J connectivity index is 2.30. The number of alkyl halides is 1. The molecular weight excluding hydrogens is 376 g/mol. The summed E-state index contributed by atoms with van der Waals surface area (Å²) < 4.78 is 16.9. The average Bonchev–Trinajstić information content (AvgIpc) is 2.73. The zero-order valence-corrected chi connectivity index (χ0v) is 13.9. The van der Waals surface area contributed by atoms with Gasteiger partial charge in [0, 0.05) is 26.1 Å². The fraction of sp³-hybridized carbons (Fsp3) is 0.538. The monoisotopic (exact) mass is 390 g/mol. The molecule has 0 amide bonds. The third-order valence-electron chi connectivity index (χ3n) is 3.14. The van der Waals surface area contributed by atoms with Gasteiger partial charge < -0.3 is 14.2 Å². The van der Waals surface area contributed by atoms with Crippen molar-refractivity contribution in [2.24, 2.45) is 0 Å². The summed E-state index contributed by atoms with van der Waals surface area (Å²) in [5.41, 5.74) is -1.26. The number of nitrogens with zero attached hydrogens (tertiary/aromatic N) is 1. The normalized spacial score (nSPS) is 26.7. The second-order valence-electron chi connectivity index (χ2n) is 4.90. The second-order valence-corrected chi connectivity index (χ2v) is 5.96. The summed E-state index contributed by atoms with van der Waals surface area (Å²) in [5, 5.41) is 0. The molecule has 9 nitrogen and oxygen atoms in total. The number of rotatable bonds is 4. The third kappa shape index (κ3) is 4.08. The van der Waals surface area contributed by atoms with Crippen molar-refractivity contribution in [3.05, 3.63) is 33.1 Å². The lowest BCUT2D eigenvalue weighted by molar-refractivity contribution is -0.153. The van der Waals surface area contributed by atoms with E-state index in [9.17, 15) is 19.2 Å². The van der Waals surface area contributed by atoms with E-state index in [1.165, 1.54) is 20.0 Å². The number of aromatic amines is 1. The number of ether oxygens (including phenoxy) is 3. The largest absolute Gasteiger partial charge is 0.463 e. The molecule has 126 valence electrons. The van der Waals surface area contributed by atoms with Crippen LogP contribution in [0.15, 0.2) is 21.9 Å². The zero-order chi connectivity index (χ0) is 17.1. The molecule has 1 saturated heterocycles. The number of hydrogen-bond donors (Lipinski definition) is 1. The van der Waals surface area contributed by atoms with E-state index in [-0.39, 0.29) is 6.61 Å². The van der Waals surface area contributed by atoms with Crippen LogP contribution in [0.4, 0.5) is 0 Å². The number of carbonyl (C=O) groups is 2. The van der Waals surface area contributed by atoms with Crippen LogP contribution in [0.25, 0.3) is 0 Å². The minimum Gasteiger partial charge on any atom is -0.463 e. The van der Waals surface area contributed by atoms with Crippen LogP contribution in [-0.4, -0.2) is 45.1 Å². The molecule has 0 bridgehead atoms. The van der Waals surface area contributed by atoms with Crippen LogP contribution in [0.3, 0.4) is 0 Å². The van der Waals surface area contributed by atoms with Gasteiger partial charge in [-0.05, 0) is 0 Å². The quantitative estimate of drug-likeness (QED) is 0.553. The van der Waals surface area contributed by atoms with E-state index in [2.05, 4.69) is 20.9 Å². The molecule has 1 fully saturated rings. The van der Waals surface area contributed by atoms with E-state index in [0.717, 1.165) is 10.6 Å². The van der Waals surface area contributed by atoms with Gasteiger partial charge in [0.05, 0.1) is 4.83 Å². The predicted octanol–water partition coefficient (Wildman–Crippen LogP) is -0.308. The van der Waals surface area contributed by atoms with E-state index in [4.69, 9.17) is 14.2 Å². The molecule has 23 heavy (non-hydrogen) atoms. The van der Waals surface area contributed by atoms with Crippen LogP contribution in [0.1, 0.15) is 20.1 Å². The first-order valence-corrected chi connectivity index (χ1v) is 7.62. The Morgan fingerprint density at radius 2 is 2.04 bits per heavy atom. The minimum atomic E-state index is -0.965. The molecule has 2 rings (SSSR count). The highest BCUT2D eigenvalue weighted by molar-refractivity contribution is 9.09. The molecule has 1 aromatic heterocycles. The van der Waals surface area contributed by atoms with E-state index >= 15 is 0 Å². The van der Waals surface area contributed by atoms with Gasteiger partial charge >= 0.3 is 17.6 Å². The molecule has 1 aliphatic rings. The summed E-state index contributed by atoms with van der Waals surface area (Å²) in [7, 11) is 0. The van der Waals surface area contributed by atoms with Gasteiger partial charge in [-0.2, -0.15) is 0 Å². The number of aromatic nitrogens is 2. The van der Waals surface area contributed by atoms with Gasteiger partial charge in [0.2, 0.25) is 0 Å². The van der Waals surface area contributed by atoms with Crippen LogP contribution in [0.5, 0.6) is 0 Å². The van der Waals surface area contributed by atoms with Crippen LogP contribution in [-0.2, 0) is 23.8 Å². The van der Waals surface area contributed by atoms with Gasteiger partial charge in [-0.15, -0.1) is 0 Å². The van der Waals surface area contributed by atoms with Gasteiger partial charge in [0.15, 0.2) is 12.3 Å². The van der Waals surface area contributed by atoms with Crippen LogP contribution < -0.4 is 11.2 Å². The van der Waals surface area contributed by atoms with E-state index in [0.29, 0.717) is 0 Å². The Hall–Kier alpha value is -1.94. The average molecular weight is 391 g/mol. The molecule has 2 heterocycles. The molecule has 1 aliphatic heterocycles. The van der Waals surface area contributed by atoms with Crippen molar-refractivity contribution in [1.29, 1.82) is 0 Å². The molecule has 4 atom stereocenters. The molecular formula is C13H15BrN2O7. The number of nitrogens with one attached hydrogen (secondary N) is 1. The van der Waals surface area contributed by atoms with Crippen molar-refractivity contribution in [1.82, 2.24) is 9.55 Å². The number of esters is 2. The topological polar surface area (TPSA) is 117 Å². The van der Waals surface area contributed by atoms with Crippen molar-refractivity contribution in [2.75, 3.05) is 6.61 Å². The Morgan fingerprint density at radius 3 is 2.61 bits per heavy atom. The first-order valence-electron chi connectivity index (χ1n) is 6.71. The van der Waals surface area contributed by atoms with Crippen LogP contribution in [0.2, 0.25) is 0 Å². The number of carbonyl (C=O) groups excluding carboxylic acids is 2. The Labute approximate surface area is 138 Å². The molecule has 1 aromatic rings. The van der Waals surface area contributed by atoms with Gasteiger partial charge in [-0.3, -0.25) is 23.9 Å². The lowest BCUT2D eigenvalue weighted by Gasteiger charge is -2.21. The van der Waals surface area contributed by atoms with Crippen molar-refractivity contribution in [2.45, 2.75) is 37.1 Å². The summed E-state index contributed by atoms with van der Waals surface area (Å²) in [4.78, 5) is 46.9. The Kier molecular flexibility index (Phi) is 5.37. The standard InChI is InChI=1S/C13H15BrN2O7/c1-6(17)21-5-8-10(14)11(22-7(2)18)12(23-8)16-4-3-9(19)15-13(16)20/h3-4,8,10-12H,5H2,1-2H3,(H,15,19,20)/t8-,10+,11-,12+/m0/s1. The van der Waals surface area contributed by atoms with E-state index < -0.39 is 46.5 Å². The highest BCUT2D eigenvalue weighted by Gasteiger charge is 2.47. The molecule has 10 heteroatoms. The highest BCUT2D eigenvalue weighted by atomic mass is 79.9. The maximum Gasteiger partial charge on any atom is 0.330 e. The van der Waals surface area contributed by atoms with Crippen molar-refractivity contribution >= 4 is 27.9 Å². The number of H-pyrrole nitrogens is 1. The first kappa shape index (κ1) is 17.4. The van der Waals surface area contributed by atoms with Crippen molar-refractivity contribution in [3.8, 4) is 0 Å². The van der Waals surface area contributed by atoms with Gasteiger partial charge in [-0.25, -0.2) is 4.79 Å². The zero-order valence-electron chi connectivity index (χ0n) is 12.4. The van der Waals surface area contributed by atoms with Gasteiger partial charge in [0.25, 0.3) is 5.56 Å². The van der Waals surface area contributed by atoms with Crippen LogP contribution >= 0.6 is 15.9 Å². The summed E-state index contributed by atoms with van der Waals surface area (Å²) in [5.74, 6) is -1.04. The first-order chi connectivity index (χ1) is 10.8. The smallest absolute Gasteiger partial charge is 0.330 e. The van der Waals surface area contributed by atoms with Gasteiger partial charge in [-0.1, -0.05) is 15.9 Å². The van der Waals surface area contributed by atoms with E-state index in [1.807, 2.05) is 0 Å². The molecule has 0 aromatic carbocycles. The van der Waals surface area contributed by atoms with Crippen molar-refractivity contribution in [3.63, 3.8) is 0 Å². The molecule has 0 saturated carbocycles. The summed E-state index contributed by atoms with van der Waals surface area (Å²) in [6, 6.07) is 1.15. The lowest BCUT2D eigenvalue weighted by Crippen LogP contribution is -2.38. The lowest BCUT2D eigenvalue weighted by atomic mass is 10.2. The minimum absolute atomic E-state index is 0.0718. The van der Waals surface area contributed by atoms with Crippen molar-refractivity contribution < 1.29 is 23.8 Å². The second kappa shape index (κ2) is 7.09. The Bertz CT molecular complexity index is 713. The molecule has 0 radical (unpaired) electrons. The summed E-state index contributed by atoms with van der Waals surface area (Å²) >= 11 is 3.35. The maximum absolute atomic E-state index is 11.9. The molecule has 0 spiro atoms. The third-order valence-corrected chi connectivity index (χ3v) is 4.25. The fourth-order valence-corrected chi connectivity index (χ4v) is 2.84.